The van der Waals surface area contributed by atoms with E-state index in [0.29, 0.717) is 24.2 Å². The highest BCUT2D eigenvalue weighted by Gasteiger charge is 2.25. The fourth-order valence-corrected chi connectivity index (χ4v) is 3.27. The van der Waals surface area contributed by atoms with Crippen LogP contribution in [0.1, 0.15) is 40.8 Å². The van der Waals surface area contributed by atoms with Crippen LogP contribution in [0.3, 0.4) is 0 Å². The van der Waals surface area contributed by atoms with Gasteiger partial charge in [0.05, 0.1) is 13.2 Å². The highest BCUT2D eigenvalue weighted by molar-refractivity contribution is 5.94. The predicted molar refractivity (Wildman–Crippen MR) is 115 cm³/mol. The zero-order valence-electron chi connectivity index (χ0n) is 18.3. The van der Waals surface area contributed by atoms with Gasteiger partial charge in [0.25, 0.3) is 5.91 Å². The van der Waals surface area contributed by atoms with Crippen LogP contribution in [-0.4, -0.2) is 24.1 Å². The fraction of sp³-hybridized carbons (Fsp3) is 0.304. The minimum Gasteiger partial charge on any atom is -0.489 e. The van der Waals surface area contributed by atoms with Crippen molar-refractivity contribution in [3.8, 4) is 23.0 Å². The van der Waals surface area contributed by atoms with E-state index in [-0.39, 0.29) is 41.0 Å². The molecule has 0 aliphatic heterocycles. The summed E-state index contributed by atoms with van der Waals surface area (Å²) >= 11 is 0. The number of nitrogens with one attached hydrogen (secondary N) is 1. The maximum Gasteiger partial charge on any atom is 0.387 e. The Hall–Kier alpha value is -3.64. The van der Waals surface area contributed by atoms with Crippen molar-refractivity contribution in [2.75, 3.05) is 6.61 Å². The molecule has 1 atom stereocenters. The number of carbonyl (C=O) groups is 1. The van der Waals surface area contributed by atoms with E-state index in [1.807, 2.05) is 0 Å². The van der Waals surface area contributed by atoms with Gasteiger partial charge >= 0.3 is 6.61 Å². The number of oxazole rings is 1. The van der Waals surface area contributed by atoms with Gasteiger partial charge in [0.2, 0.25) is 5.89 Å². The topological polar surface area (TPSA) is 126 Å². The number of alkyl halides is 2. The van der Waals surface area contributed by atoms with Crippen molar-refractivity contribution in [1.29, 1.82) is 0 Å². The lowest BCUT2D eigenvalue weighted by atomic mass is 10.1. The Morgan fingerprint density at radius 3 is 2.60 bits per heavy atom. The summed E-state index contributed by atoms with van der Waals surface area (Å²) < 4.78 is 68.5. The van der Waals surface area contributed by atoms with Crippen LogP contribution in [-0.2, 0) is 6.54 Å². The Kier molecular flexibility index (Phi) is 7.22. The number of amides is 1. The first-order valence-corrected chi connectivity index (χ1v) is 10.7. The maximum atomic E-state index is 14.0. The first-order valence-electron chi connectivity index (χ1n) is 10.7. The molecule has 186 valence electrons. The van der Waals surface area contributed by atoms with Gasteiger partial charge in [-0.25, -0.2) is 13.8 Å². The number of carbonyl (C=O) groups excluding carboxylic acids is 1. The monoisotopic (exact) mass is 494 g/mol. The van der Waals surface area contributed by atoms with Crippen molar-refractivity contribution in [1.82, 2.24) is 10.3 Å². The number of rotatable bonds is 10. The minimum atomic E-state index is -3.04. The molecule has 1 aromatic heterocycles. The number of ether oxygens (including phenoxy) is 2. The van der Waals surface area contributed by atoms with E-state index in [1.54, 1.807) is 0 Å². The van der Waals surface area contributed by atoms with Gasteiger partial charge in [-0.2, -0.15) is 8.78 Å². The summed E-state index contributed by atoms with van der Waals surface area (Å²) in [6, 6.07) is 6.87. The van der Waals surface area contributed by atoms with E-state index >= 15 is 0 Å². The zero-order valence-corrected chi connectivity index (χ0v) is 18.3. The van der Waals surface area contributed by atoms with Crippen molar-refractivity contribution in [2.45, 2.75) is 32.2 Å². The molecule has 2 aromatic carbocycles. The Morgan fingerprint density at radius 2 is 1.94 bits per heavy atom. The molecule has 1 saturated carbocycles. The van der Waals surface area contributed by atoms with Crippen LogP contribution >= 0.6 is 0 Å². The quantitative estimate of drug-likeness (QED) is 0.289. The molecular formula is C23H22F4N4O4. The number of hydrogen-bond donors (Lipinski definition) is 3. The summed E-state index contributed by atoms with van der Waals surface area (Å²) in [7, 11) is 0. The molecule has 0 saturated heterocycles. The molecule has 0 radical (unpaired) electrons. The molecule has 0 spiro atoms. The van der Waals surface area contributed by atoms with Gasteiger partial charge in [-0.3, -0.25) is 4.79 Å². The summed E-state index contributed by atoms with van der Waals surface area (Å²) in [5, 5.41) is 2.36. The van der Waals surface area contributed by atoms with Crippen LogP contribution in [0, 0.1) is 17.6 Å². The molecule has 1 aliphatic rings. The third-order valence-corrected chi connectivity index (χ3v) is 5.26. The number of hydrogen-bond acceptors (Lipinski definition) is 7. The highest BCUT2D eigenvalue weighted by Crippen LogP contribution is 2.36. The number of aromatic nitrogens is 1. The summed E-state index contributed by atoms with van der Waals surface area (Å²) in [6.07, 6.45) is 0.682. The Labute approximate surface area is 197 Å². The first kappa shape index (κ1) is 24.5. The van der Waals surface area contributed by atoms with Crippen LogP contribution in [0.5, 0.6) is 11.5 Å². The number of benzene rings is 2. The molecule has 1 fully saturated rings. The molecule has 1 unspecified atom stereocenters. The highest BCUT2D eigenvalue weighted by atomic mass is 19.3. The molecule has 5 N–H and O–H groups in total. The second kappa shape index (κ2) is 10.3. The minimum absolute atomic E-state index is 0.0117. The van der Waals surface area contributed by atoms with E-state index in [2.05, 4.69) is 15.0 Å². The Balaban J connectivity index is 1.57. The molecule has 1 heterocycles. The van der Waals surface area contributed by atoms with Crippen molar-refractivity contribution in [3.63, 3.8) is 0 Å². The van der Waals surface area contributed by atoms with Gasteiger partial charge in [-0.15, -0.1) is 0 Å². The van der Waals surface area contributed by atoms with Crippen molar-refractivity contribution in [2.24, 2.45) is 17.4 Å². The van der Waals surface area contributed by atoms with E-state index < -0.39 is 30.3 Å². The van der Waals surface area contributed by atoms with Gasteiger partial charge in [0.1, 0.15) is 17.8 Å². The number of halogens is 4. The molecule has 1 aliphatic carbocycles. The van der Waals surface area contributed by atoms with Crippen LogP contribution in [0.15, 0.2) is 40.8 Å². The standard InChI is InChI=1S/C23H22F4N4O4/c24-13-4-5-14(15(25)8-13)20(29)31-21(32)19-18(9-28)34-22(30-19)12-3-6-16(35-23(26)27)17(7-12)33-10-11-1-2-11/h3-8,11,20,23H,1-2,9-10,28-29H2,(H,31,32). The molecule has 8 nitrogen and oxygen atoms in total. The van der Waals surface area contributed by atoms with E-state index in [9.17, 15) is 22.4 Å². The van der Waals surface area contributed by atoms with E-state index in [1.165, 1.54) is 18.2 Å². The second-order valence-electron chi connectivity index (χ2n) is 7.91. The third-order valence-electron chi connectivity index (χ3n) is 5.26. The molecule has 1 amide bonds. The van der Waals surface area contributed by atoms with Gasteiger partial charge < -0.3 is 30.7 Å². The van der Waals surface area contributed by atoms with E-state index in [0.717, 1.165) is 25.0 Å². The molecule has 3 aromatic rings. The molecule has 4 rings (SSSR count). The average Bonchev–Trinajstić information content (AvgIpc) is 3.53. The van der Waals surface area contributed by atoms with Gasteiger partial charge in [-0.1, -0.05) is 0 Å². The Bertz CT molecular complexity index is 1220. The SMILES string of the molecule is NCc1oc(-c2ccc(OC(F)F)c(OCC3CC3)c2)nc1C(=O)NC(N)c1ccc(F)cc1F. The lowest BCUT2D eigenvalue weighted by Gasteiger charge is -2.14. The van der Waals surface area contributed by atoms with Crippen molar-refractivity contribution >= 4 is 5.91 Å². The lowest BCUT2D eigenvalue weighted by Crippen LogP contribution is -2.35. The molecule has 12 heteroatoms. The van der Waals surface area contributed by atoms with Crippen molar-refractivity contribution in [3.05, 3.63) is 65.1 Å². The Morgan fingerprint density at radius 1 is 1.17 bits per heavy atom. The summed E-state index contributed by atoms with van der Waals surface area (Å²) in [5.41, 5.74) is 11.5. The number of nitrogens with zero attached hydrogens (tertiary/aromatic N) is 1. The van der Waals surface area contributed by atoms with Gasteiger partial charge in [-0.05, 0) is 49.1 Å². The molecule has 35 heavy (non-hydrogen) atoms. The summed E-state index contributed by atoms with van der Waals surface area (Å²) in [4.78, 5) is 16.9. The van der Waals surface area contributed by atoms with E-state index in [4.69, 9.17) is 20.6 Å². The lowest BCUT2D eigenvalue weighted by molar-refractivity contribution is -0.0515. The van der Waals surface area contributed by atoms with Crippen LogP contribution in [0.25, 0.3) is 11.5 Å². The van der Waals surface area contributed by atoms with Gasteiger partial charge in [0.15, 0.2) is 23.0 Å². The maximum absolute atomic E-state index is 14.0. The van der Waals surface area contributed by atoms with Crippen molar-refractivity contribution < 1.29 is 36.2 Å². The molecular weight excluding hydrogens is 472 g/mol. The summed E-state index contributed by atoms with van der Waals surface area (Å²) in [6.45, 7) is -2.90. The van der Waals surface area contributed by atoms with Gasteiger partial charge in [0, 0.05) is 17.2 Å². The largest absolute Gasteiger partial charge is 0.489 e. The molecule has 0 bridgehead atoms. The second-order valence-corrected chi connectivity index (χ2v) is 7.91. The fourth-order valence-electron chi connectivity index (χ4n) is 3.27. The van der Waals surface area contributed by atoms with Crippen LogP contribution in [0.2, 0.25) is 0 Å². The smallest absolute Gasteiger partial charge is 0.387 e. The third kappa shape index (κ3) is 5.89. The first-order chi connectivity index (χ1) is 16.7. The van der Waals surface area contributed by atoms with Crippen LogP contribution in [0.4, 0.5) is 17.6 Å². The summed E-state index contributed by atoms with van der Waals surface area (Å²) in [5.74, 6) is -2.27. The zero-order chi connectivity index (χ0) is 25.1. The predicted octanol–water partition coefficient (Wildman–Crippen LogP) is 3.86. The van der Waals surface area contributed by atoms with Crippen LogP contribution < -0.4 is 26.3 Å². The average molecular weight is 494 g/mol. The number of nitrogens with two attached hydrogens (primary N) is 2. The normalized spacial score (nSPS) is 14.1.